The Balaban J connectivity index is 1.85. The van der Waals surface area contributed by atoms with Crippen LogP contribution in [0.5, 0.6) is 0 Å². The van der Waals surface area contributed by atoms with Crippen molar-refractivity contribution in [2.45, 2.75) is 29.6 Å². The highest BCUT2D eigenvalue weighted by atomic mass is 32.2. The Labute approximate surface area is 119 Å². The van der Waals surface area contributed by atoms with Gasteiger partial charge in [-0.2, -0.15) is 0 Å². The minimum Gasteiger partial charge on any atom is -0.316 e. The normalized spacial score (nSPS) is 16.2. The van der Waals surface area contributed by atoms with E-state index in [1.54, 1.807) is 6.07 Å². The van der Waals surface area contributed by atoms with Gasteiger partial charge in [-0.1, -0.05) is 0 Å². The molecule has 5 nitrogen and oxygen atoms in total. The Morgan fingerprint density at radius 1 is 1.47 bits per heavy atom. The van der Waals surface area contributed by atoms with E-state index < -0.39 is 10.0 Å². The zero-order valence-corrected chi connectivity index (χ0v) is 13.0. The molecule has 1 aliphatic rings. The van der Waals surface area contributed by atoms with Crippen LogP contribution in [-0.4, -0.2) is 46.5 Å². The molecule has 1 aromatic rings. The van der Waals surface area contributed by atoms with Crippen molar-refractivity contribution in [1.29, 1.82) is 0 Å². The van der Waals surface area contributed by atoms with Crippen LogP contribution in [0.4, 0.5) is 0 Å². The lowest BCUT2D eigenvalue weighted by Gasteiger charge is -2.15. The highest BCUT2D eigenvalue weighted by Crippen LogP contribution is 2.24. The van der Waals surface area contributed by atoms with Gasteiger partial charge in [-0.3, -0.25) is 0 Å². The van der Waals surface area contributed by atoms with Gasteiger partial charge in [0.2, 0.25) is 10.0 Å². The molecule has 19 heavy (non-hydrogen) atoms. The van der Waals surface area contributed by atoms with Crippen molar-refractivity contribution >= 4 is 21.4 Å². The van der Waals surface area contributed by atoms with E-state index >= 15 is 0 Å². The number of hydrogen-bond acceptors (Lipinski definition) is 5. The molecule has 0 atom stereocenters. The van der Waals surface area contributed by atoms with Crippen LogP contribution < -0.4 is 10.0 Å². The fraction of sp³-hybridized carbons (Fsp3) is 0.667. The third kappa shape index (κ3) is 4.25. The van der Waals surface area contributed by atoms with Crippen molar-refractivity contribution in [3.8, 4) is 0 Å². The zero-order valence-electron chi connectivity index (χ0n) is 11.3. The Kier molecular flexibility index (Phi) is 4.97. The molecule has 0 spiro atoms. The molecule has 0 saturated heterocycles. The first kappa shape index (κ1) is 14.9. The van der Waals surface area contributed by atoms with Crippen molar-refractivity contribution in [3.05, 3.63) is 17.0 Å². The predicted molar refractivity (Wildman–Crippen MR) is 77.9 cm³/mol. The Hall–Kier alpha value is -0.470. The van der Waals surface area contributed by atoms with E-state index in [-0.39, 0.29) is 0 Å². The number of nitrogens with zero attached hydrogens (tertiary/aromatic N) is 1. The van der Waals surface area contributed by atoms with E-state index in [2.05, 4.69) is 14.9 Å². The van der Waals surface area contributed by atoms with Gasteiger partial charge in [-0.25, -0.2) is 13.1 Å². The van der Waals surface area contributed by atoms with E-state index in [1.165, 1.54) is 24.2 Å². The monoisotopic (exact) mass is 303 g/mol. The van der Waals surface area contributed by atoms with Crippen molar-refractivity contribution < 1.29 is 8.42 Å². The number of rotatable bonds is 8. The number of sulfonamides is 1. The van der Waals surface area contributed by atoms with Crippen molar-refractivity contribution in [2.75, 3.05) is 27.2 Å². The summed E-state index contributed by atoms with van der Waals surface area (Å²) in [6.07, 6.45) is 2.48. The first-order valence-corrected chi connectivity index (χ1v) is 8.81. The molecule has 1 fully saturated rings. The fourth-order valence-electron chi connectivity index (χ4n) is 1.92. The lowest BCUT2D eigenvalue weighted by molar-refractivity contribution is 0.329. The van der Waals surface area contributed by atoms with Crippen molar-refractivity contribution in [3.63, 3.8) is 0 Å². The molecule has 1 aromatic heterocycles. The summed E-state index contributed by atoms with van der Waals surface area (Å²) in [7, 11) is 0.544. The first-order valence-electron chi connectivity index (χ1n) is 6.45. The van der Waals surface area contributed by atoms with E-state index in [1.807, 2.05) is 19.5 Å². The van der Waals surface area contributed by atoms with E-state index in [0.717, 1.165) is 12.1 Å². The second kappa shape index (κ2) is 6.32. The molecule has 2 N–H and O–H groups in total. The van der Waals surface area contributed by atoms with Crippen LogP contribution in [0.1, 0.15) is 18.4 Å². The van der Waals surface area contributed by atoms with Gasteiger partial charge in [0.1, 0.15) is 4.21 Å². The molecule has 108 valence electrons. The lowest BCUT2D eigenvalue weighted by Crippen LogP contribution is -2.33. The maximum absolute atomic E-state index is 12.1. The summed E-state index contributed by atoms with van der Waals surface area (Å²) in [5.41, 5.74) is 1.00. The van der Waals surface area contributed by atoms with Gasteiger partial charge in [0.05, 0.1) is 0 Å². The first-order chi connectivity index (χ1) is 9.03. The number of hydrogen-bond donors (Lipinski definition) is 2. The molecule has 0 aliphatic heterocycles. The number of thiophene rings is 1. The van der Waals surface area contributed by atoms with E-state index in [0.29, 0.717) is 23.3 Å². The summed E-state index contributed by atoms with van der Waals surface area (Å²) >= 11 is 1.27. The Morgan fingerprint density at radius 2 is 2.21 bits per heavy atom. The fourth-order valence-corrected chi connectivity index (χ4v) is 4.19. The van der Waals surface area contributed by atoms with Gasteiger partial charge in [0.25, 0.3) is 0 Å². The molecule has 0 aromatic carbocycles. The van der Waals surface area contributed by atoms with Crippen molar-refractivity contribution in [2.24, 2.45) is 0 Å². The minimum absolute atomic E-state index is 0.395. The van der Waals surface area contributed by atoms with Crippen LogP contribution in [0.25, 0.3) is 0 Å². The highest BCUT2D eigenvalue weighted by Gasteiger charge is 2.26. The smallest absolute Gasteiger partial charge is 0.250 e. The highest BCUT2D eigenvalue weighted by molar-refractivity contribution is 7.91. The molecule has 7 heteroatoms. The van der Waals surface area contributed by atoms with E-state index in [4.69, 9.17) is 0 Å². The average Bonchev–Trinajstić information content (AvgIpc) is 3.09. The summed E-state index contributed by atoms with van der Waals surface area (Å²) in [5, 5.41) is 4.89. The molecule has 2 rings (SSSR count). The summed E-state index contributed by atoms with van der Waals surface area (Å²) in [4.78, 5) is 2.21. The molecule has 0 unspecified atom stereocenters. The van der Waals surface area contributed by atoms with Crippen LogP contribution in [0.3, 0.4) is 0 Å². The minimum atomic E-state index is -3.34. The summed E-state index contributed by atoms with van der Waals surface area (Å²) in [6.45, 7) is 1.92. The van der Waals surface area contributed by atoms with Crippen LogP contribution in [0.2, 0.25) is 0 Å². The number of nitrogens with one attached hydrogen (secondary N) is 2. The summed E-state index contributed by atoms with van der Waals surface area (Å²) in [6, 6.07) is 2.39. The number of likely N-dealkylation sites (N-methyl/N-ethyl adjacent to an activating group) is 1. The third-order valence-electron chi connectivity index (χ3n) is 3.20. The van der Waals surface area contributed by atoms with Crippen LogP contribution in [0.15, 0.2) is 15.7 Å². The molecule has 0 bridgehead atoms. The predicted octanol–water partition coefficient (Wildman–Crippen LogP) is 0.840. The molecular formula is C12H21N3O2S2. The quantitative estimate of drug-likeness (QED) is 0.747. The maximum Gasteiger partial charge on any atom is 0.250 e. The zero-order chi connectivity index (χ0) is 13.9. The standard InChI is InChI=1S/C12H21N3O2S2/c1-13-8-10-7-12(18-9-10)19(16,17)14-5-6-15(2)11-3-4-11/h7,9,11,13-14H,3-6,8H2,1-2H3. The van der Waals surface area contributed by atoms with E-state index in [9.17, 15) is 8.42 Å². The van der Waals surface area contributed by atoms with Crippen LogP contribution in [0, 0.1) is 0 Å². The second-order valence-electron chi connectivity index (χ2n) is 4.91. The lowest BCUT2D eigenvalue weighted by atomic mass is 10.3. The molecule has 1 heterocycles. The molecule has 0 amide bonds. The van der Waals surface area contributed by atoms with Gasteiger partial charge in [-0.15, -0.1) is 11.3 Å². The largest absolute Gasteiger partial charge is 0.316 e. The summed E-state index contributed by atoms with van der Waals surface area (Å²) in [5.74, 6) is 0. The van der Waals surface area contributed by atoms with Gasteiger partial charge < -0.3 is 10.2 Å². The van der Waals surface area contributed by atoms with Crippen molar-refractivity contribution in [1.82, 2.24) is 14.9 Å². The molecular weight excluding hydrogens is 282 g/mol. The second-order valence-corrected chi connectivity index (χ2v) is 7.82. The molecule has 1 saturated carbocycles. The molecule has 0 radical (unpaired) electrons. The van der Waals surface area contributed by atoms with Gasteiger partial charge in [-0.05, 0) is 43.9 Å². The maximum atomic E-state index is 12.1. The summed E-state index contributed by atoms with van der Waals surface area (Å²) < 4.78 is 27.2. The Bertz CT molecular complexity index is 509. The van der Waals surface area contributed by atoms with Crippen LogP contribution >= 0.6 is 11.3 Å². The van der Waals surface area contributed by atoms with Gasteiger partial charge >= 0.3 is 0 Å². The molecule has 1 aliphatic carbocycles. The van der Waals surface area contributed by atoms with Gasteiger partial charge in [0.15, 0.2) is 0 Å². The third-order valence-corrected chi connectivity index (χ3v) is 6.15. The topological polar surface area (TPSA) is 61.4 Å². The Morgan fingerprint density at radius 3 is 2.84 bits per heavy atom. The SMILES string of the molecule is CNCc1csc(S(=O)(=O)NCCN(C)C2CC2)c1. The van der Waals surface area contributed by atoms with Crippen LogP contribution in [-0.2, 0) is 16.6 Å². The average molecular weight is 303 g/mol. The van der Waals surface area contributed by atoms with Gasteiger partial charge in [0, 0.05) is 25.7 Å².